The van der Waals surface area contributed by atoms with Gasteiger partial charge in [-0.2, -0.15) is 0 Å². The first-order valence-corrected chi connectivity index (χ1v) is 5.92. The van der Waals surface area contributed by atoms with E-state index in [0.717, 1.165) is 30.5 Å². The molecule has 3 nitrogen and oxygen atoms in total. The van der Waals surface area contributed by atoms with Crippen LogP contribution in [0.2, 0.25) is 0 Å². The van der Waals surface area contributed by atoms with Crippen molar-refractivity contribution < 1.29 is 9.90 Å². The van der Waals surface area contributed by atoms with Gasteiger partial charge in [-0.05, 0) is 49.9 Å². The highest BCUT2D eigenvalue weighted by atomic mass is 16.4. The van der Waals surface area contributed by atoms with E-state index < -0.39 is 5.97 Å². The molecule has 1 aliphatic rings. The molecule has 17 heavy (non-hydrogen) atoms. The predicted molar refractivity (Wildman–Crippen MR) is 68.5 cm³/mol. The van der Waals surface area contributed by atoms with Crippen LogP contribution in [0.5, 0.6) is 0 Å². The molecule has 0 heterocycles. The third kappa shape index (κ3) is 2.87. The van der Waals surface area contributed by atoms with Gasteiger partial charge in [-0.25, -0.2) is 4.79 Å². The highest BCUT2D eigenvalue weighted by Crippen LogP contribution is 2.20. The van der Waals surface area contributed by atoms with Gasteiger partial charge in [0.25, 0.3) is 0 Å². The molecular formula is C14H17NO2. The van der Waals surface area contributed by atoms with E-state index in [-0.39, 0.29) is 0 Å². The van der Waals surface area contributed by atoms with Crippen LogP contribution in [0, 0.1) is 6.92 Å². The average Bonchev–Trinajstić information content (AvgIpc) is 2.30. The highest BCUT2D eigenvalue weighted by Gasteiger charge is 2.11. The van der Waals surface area contributed by atoms with Crippen molar-refractivity contribution in [1.29, 1.82) is 0 Å². The van der Waals surface area contributed by atoms with Crippen LogP contribution in [0.15, 0.2) is 30.4 Å². The van der Waals surface area contributed by atoms with E-state index in [4.69, 9.17) is 5.11 Å². The Kier molecular flexibility index (Phi) is 3.47. The first-order valence-electron chi connectivity index (χ1n) is 5.92. The van der Waals surface area contributed by atoms with Crippen molar-refractivity contribution in [2.75, 3.05) is 5.32 Å². The molecule has 0 spiro atoms. The quantitative estimate of drug-likeness (QED) is 0.785. The van der Waals surface area contributed by atoms with Crippen molar-refractivity contribution in [2.45, 2.75) is 32.2 Å². The Hall–Kier alpha value is -1.77. The van der Waals surface area contributed by atoms with Gasteiger partial charge in [-0.1, -0.05) is 12.2 Å². The van der Waals surface area contributed by atoms with Gasteiger partial charge in [-0.3, -0.25) is 0 Å². The topological polar surface area (TPSA) is 49.3 Å². The standard InChI is InChI=1S/C14H17NO2/c1-10-9-12(7-8-13(10)14(16)17)15-11-5-3-2-4-6-11/h2-3,7-9,11,15H,4-6H2,1H3,(H,16,17). The van der Waals surface area contributed by atoms with E-state index in [1.807, 2.05) is 19.1 Å². The maximum atomic E-state index is 10.9. The molecule has 0 saturated carbocycles. The summed E-state index contributed by atoms with van der Waals surface area (Å²) in [7, 11) is 0. The highest BCUT2D eigenvalue weighted by molar-refractivity contribution is 5.89. The van der Waals surface area contributed by atoms with Crippen LogP contribution >= 0.6 is 0 Å². The Morgan fingerprint density at radius 3 is 2.82 bits per heavy atom. The van der Waals surface area contributed by atoms with E-state index in [9.17, 15) is 4.79 Å². The molecule has 0 amide bonds. The van der Waals surface area contributed by atoms with Crippen LogP contribution < -0.4 is 5.32 Å². The Bertz CT molecular complexity index is 452. The fourth-order valence-electron chi connectivity index (χ4n) is 2.15. The Morgan fingerprint density at radius 2 is 2.24 bits per heavy atom. The predicted octanol–water partition coefficient (Wildman–Crippen LogP) is 3.21. The molecule has 1 aliphatic carbocycles. The van der Waals surface area contributed by atoms with Gasteiger partial charge >= 0.3 is 5.97 Å². The second kappa shape index (κ2) is 5.04. The largest absolute Gasteiger partial charge is 0.478 e. The molecule has 2 N–H and O–H groups in total. The van der Waals surface area contributed by atoms with Gasteiger partial charge in [0, 0.05) is 11.7 Å². The van der Waals surface area contributed by atoms with Crippen molar-refractivity contribution in [3.8, 4) is 0 Å². The fourth-order valence-corrected chi connectivity index (χ4v) is 2.15. The lowest BCUT2D eigenvalue weighted by atomic mass is 10.0. The number of benzene rings is 1. The number of carboxylic acid groups (broad SMARTS) is 1. The zero-order valence-corrected chi connectivity index (χ0v) is 9.94. The maximum Gasteiger partial charge on any atom is 0.335 e. The second-order valence-corrected chi connectivity index (χ2v) is 4.46. The van der Waals surface area contributed by atoms with Crippen LogP contribution in [-0.2, 0) is 0 Å². The van der Waals surface area contributed by atoms with Gasteiger partial charge in [0.15, 0.2) is 0 Å². The van der Waals surface area contributed by atoms with Crippen LogP contribution in [0.3, 0.4) is 0 Å². The molecular weight excluding hydrogens is 214 g/mol. The number of carboxylic acids is 1. The fraction of sp³-hybridized carbons (Fsp3) is 0.357. The lowest BCUT2D eigenvalue weighted by Crippen LogP contribution is -2.20. The van der Waals surface area contributed by atoms with Crippen molar-refractivity contribution in [2.24, 2.45) is 0 Å². The Labute approximate surface area is 101 Å². The molecule has 0 aliphatic heterocycles. The molecule has 1 aromatic rings. The summed E-state index contributed by atoms with van der Waals surface area (Å²) in [5.74, 6) is -0.866. The van der Waals surface area contributed by atoms with Gasteiger partial charge in [-0.15, -0.1) is 0 Å². The van der Waals surface area contributed by atoms with Crippen LogP contribution in [0.1, 0.15) is 35.2 Å². The average molecular weight is 231 g/mol. The number of allylic oxidation sites excluding steroid dienone is 1. The zero-order valence-electron chi connectivity index (χ0n) is 9.94. The molecule has 0 aromatic heterocycles. The summed E-state index contributed by atoms with van der Waals surface area (Å²) in [5.41, 5.74) is 2.18. The van der Waals surface area contributed by atoms with Crippen molar-refractivity contribution in [3.05, 3.63) is 41.5 Å². The van der Waals surface area contributed by atoms with Gasteiger partial charge < -0.3 is 10.4 Å². The minimum atomic E-state index is -0.866. The van der Waals surface area contributed by atoms with Crippen molar-refractivity contribution >= 4 is 11.7 Å². The normalized spacial score (nSPS) is 19.0. The number of hydrogen-bond donors (Lipinski definition) is 2. The maximum absolute atomic E-state index is 10.9. The van der Waals surface area contributed by atoms with Gasteiger partial charge in [0.2, 0.25) is 0 Å². The molecule has 1 atom stereocenters. The van der Waals surface area contributed by atoms with Crippen LogP contribution in [0.25, 0.3) is 0 Å². The molecule has 3 heteroatoms. The summed E-state index contributed by atoms with van der Waals surface area (Å²) >= 11 is 0. The summed E-state index contributed by atoms with van der Waals surface area (Å²) in [6.07, 6.45) is 7.69. The molecule has 2 rings (SSSR count). The molecule has 0 saturated heterocycles. The smallest absolute Gasteiger partial charge is 0.335 e. The first kappa shape index (κ1) is 11.7. The number of rotatable bonds is 3. The minimum Gasteiger partial charge on any atom is -0.478 e. The SMILES string of the molecule is Cc1cc(NC2CC=CCC2)ccc1C(=O)O. The van der Waals surface area contributed by atoms with E-state index in [0.29, 0.717) is 11.6 Å². The number of aromatic carboxylic acids is 1. The number of anilines is 1. The van der Waals surface area contributed by atoms with E-state index in [1.165, 1.54) is 0 Å². The van der Waals surface area contributed by atoms with Gasteiger partial charge in [0.1, 0.15) is 0 Å². The number of hydrogen-bond acceptors (Lipinski definition) is 2. The molecule has 1 unspecified atom stereocenters. The third-order valence-electron chi connectivity index (χ3n) is 3.10. The number of carbonyl (C=O) groups is 1. The zero-order chi connectivity index (χ0) is 12.3. The monoisotopic (exact) mass is 231 g/mol. The summed E-state index contributed by atoms with van der Waals surface area (Å²) < 4.78 is 0. The lowest BCUT2D eigenvalue weighted by Gasteiger charge is -2.21. The Balaban J connectivity index is 2.09. The van der Waals surface area contributed by atoms with E-state index >= 15 is 0 Å². The summed E-state index contributed by atoms with van der Waals surface area (Å²) in [6.45, 7) is 1.83. The minimum absolute atomic E-state index is 0.374. The molecule has 0 bridgehead atoms. The molecule has 0 radical (unpaired) electrons. The third-order valence-corrected chi connectivity index (χ3v) is 3.10. The number of aryl methyl sites for hydroxylation is 1. The van der Waals surface area contributed by atoms with Crippen molar-refractivity contribution in [1.82, 2.24) is 0 Å². The van der Waals surface area contributed by atoms with Crippen LogP contribution in [-0.4, -0.2) is 17.1 Å². The van der Waals surface area contributed by atoms with Crippen molar-refractivity contribution in [3.63, 3.8) is 0 Å². The summed E-state index contributed by atoms with van der Waals surface area (Å²) in [5, 5.41) is 12.4. The molecule has 0 fully saturated rings. The lowest BCUT2D eigenvalue weighted by molar-refractivity contribution is 0.0696. The first-order chi connectivity index (χ1) is 8.16. The second-order valence-electron chi connectivity index (χ2n) is 4.46. The van der Waals surface area contributed by atoms with Crippen LogP contribution in [0.4, 0.5) is 5.69 Å². The molecule has 1 aromatic carbocycles. The number of nitrogens with one attached hydrogen (secondary N) is 1. The molecule has 90 valence electrons. The summed E-state index contributed by atoms with van der Waals surface area (Å²) in [4.78, 5) is 10.9. The summed E-state index contributed by atoms with van der Waals surface area (Å²) in [6, 6.07) is 5.88. The van der Waals surface area contributed by atoms with E-state index in [2.05, 4.69) is 17.5 Å². The van der Waals surface area contributed by atoms with Gasteiger partial charge in [0.05, 0.1) is 5.56 Å². The van der Waals surface area contributed by atoms with E-state index in [1.54, 1.807) is 6.07 Å². The Morgan fingerprint density at radius 1 is 1.41 bits per heavy atom.